The number of nitrogens with zero attached hydrogens (tertiary/aromatic N) is 4. The van der Waals surface area contributed by atoms with E-state index < -0.39 is 0 Å². The second-order valence-electron chi connectivity index (χ2n) is 14.1. The van der Waals surface area contributed by atoms with Gasteiger partial charge < -0.3 is 4.90 Å². The number of hydrogen-bond acceptors (Lipinski definition) is 3. The van der Waals surface area contributed by atoms with Gasteiger partial charge in [0.15, 0.2) is 0 Å². The molecule has 1 aromatic rings. The Kier molecular flexibility index (Phi) is 31.1. The standard InChI is InChI=1S/C43H78N4/c1-5-7-9-11-13-15-17-19-21-23-25-27-29-31-33-35-37-43(47-41-42(44-45-47)39-40-46(3)4)38-36-34-32-30-28-26-24-22-20-18-16-14-12-10-8-6-2/h13-16,19-22,41,43H,5-12,17-18,23-40H2,1-4H3. The largest absolute Gasteiger partial charge is 0.309 e. The van der Waals surface area contributed by atoms with Crippen molar-refractivity contribution in [1.82, 2.24) is 19.9 Å². The third kappa shape index (κ3) is 28.8. The first kappa shape index (κ1) is 43.1. The maximum absolute atomic E-state index is 4.61. The van der Waals surface area contributed by atoms with Crippen LogP contribution in [0.15, 0.2) is 54.8 Å². The van der Waals surface area contributed by atoms with Crippen molar-refractivity contribution in [1.29, 1.82) is 0 Å². The van der Waals surface area contributed by atoms with E-state index >= 15 is 0 Å². The van der Waals surface area contributed by atoms with Crippen molar-refractivity contribution in [2.24, 2.45) is 0 Å². The van der Waals surface area contributed by atoms with E-state index in [2.05, 4.69) is 103 Å². The number of likely N-dealkylation sites (N-methyl/N-ethyl adjacent to an activating group) is 1. The van der Waals surface area contributed by atoms with E-state index in [1.807, 2.05) is 0 Å². The highest BCUT2D eigenvalue weighted by molar-refractivity contribution is 4.95. The summed E-state index contributed by atoms with van der Waals surface area (Å²) >= 11 is 0. The molecule has 0 aromatic carbocycles. The third-order valence-electron chi connectivity index (χ3n) is 9.22. The number of hydrogen-bond donors (Lipinski definition) is 0. The predicted octanol–water partition coefficient (Wildman–Crippen LogP) is 13.3. The smallest absolute Gasteiger partial charge is 0.0840 e. The van der Waals surface area contributed by atoms with Crippen molar-refractivity contribution >= 4 is 0 Å². The van der Waals surface area contributed by atoms with Gasteiger partial charge in [-0.15, -0.1) is 5.10 Å². The topological polar surface area (TPSA) is 34.0 Å². The second-order valence-corrected chi connectivity index (χ2v) is 14.1. The molecule has 0 aliphatic carbocycles. The summed E-state index contributed by atoms with van der Waals surface area (Å²) in [5.41, 5.74) is 1.14. The predicted molar refractivity (Wildman–Crippen MR) is 209 cm³/mol. The SMILES string of the molecule is CCCCCC=CCC=CCCCCCCCCC(CCCCCCCCC=CCC=CCCCCC)n1cc(CCN(C)C)nn1. The first-order valence-electron chi connectivity index (χ1n) is 20.3. The average Bonchev–Trinajstić information content (AvgIpc) is 3.55. The molecule has 1 heterocycles. The lowest BCUT2D eigenvalue weighted by atomic mass is 10.00. The molecule has 0 bridgehead atoms. The van der Waals surface area contributed by atoms with Gasteiger partial charge in [-0.25, -0.2) is 4.68 Å². The molecular weight excluding hydrogens is 573 g/mol. The van der Waals surface area contributed by atoms with E-state index in [4.69, 9.17) is 0 Å². The molecular formula is C43H78N4. The maximum atomic E-state index is 4.61. The molecule has 4 heteroatoms. The van der Waals surface area contributed by atoms with Gasteiger partial charge in [0.25, 0.3) is 0 Å². The van der Waals surface area contributed by atoms with Gasteiger partial charge in [-0.2, -0.15) is 0 Å². The van der Waals surface area contributed by atoms with E-state index in [1.54, 1.807) is 0 Å². The molecule has 0 aliphatic rings. The molecule has 0 saturated carbocycles. The minimum absolute atomic E-state index is 0.507. The molecule has 0 saturated heterocycles. The van der Waals surface area contributed by atoms with Gasteiger partial charge in [-0.3, -0.25) is 0 Å². The van der Waals surface area contributed by atoms with E-state index in [0.717, 1.165) is 31.5 Å². The average molecular weight is 651 g/mol. The first-order chi connectivity index (χ1) is 23.2. The molecule has 0 atom stereocenters. The molecule has 0 amide bonds. The molecule has 47 heavy (non-hydrogen) atoms. The minimum Gasteiger partial charge on any atom is -0.309 e. The summed E-state index contributed by atoms with van der Waals surface area (Å²) in [6.07, 6.45) is 56.0. The van der Waals surface area contributed by atoms with Crippen LogP contribution < -0.4 is 0 Å². The fraction of sp³-hybridized carbons (Fsp3) is 0.767. The van der Waals surface area contributed by atoms with Crippen LogP contribution in [0.3, 0.4) is 0 Å². The molecule has 0 N–H and O–H groups in total. The number of aromatic nitrogens is 3. The number of allylic oxidation sites excluding steroid dienone is 8. The molecule has 4 nitrogen and oxygen atoms in total. The molecule has 270 valence electrons. The van der Waals surface area contributed by atoms with Crippen LogP contribution in [0, 0.1) is 0 Å². The van der Waals surface area contributed by atoms with Crippen LogP contribution in [0.1, 0.15) is 193 Å². The highest BCUT2D eigenvalue weighted by Gasteiger charge is 2.13. The minimum atomic E-state index is 0.507. The Balaban J connectivity index is 2.21. The Hall–Kier alpha value is -1.94. The van der Waals surface area contributed by atoms with Gasteiger partial charge in [0.05, 0.1) is 11.7 Å². The summed E-state index contributed by atoms with van der Waals surface area (Å²) in [5.74, 6) is 0. The Labute approximate surface area is 293 Å². The van der Waals surface area contributed by atoms with Crippen LogP contribution in [0.2, 0.25) is 0 Å². The summed E-state index contributed by atoms with van der Waals surface area (Å²) in [6.45, 7) is 5.57. The third-order valence-corrected chi connectivity index (χ3v) is 9.22. The van der Waals surface area contributed by atoms with Crippen molar-refractivity contribution in [2.45, 2.75) is 193 Å². The molecule has 1 rings (SSSR count). The molecule has 1 aromatic heterocycles. The fourth-order valence-corrected chi connectivity index (χ4v) is 6.09. The lowest BCUT2D eigenvalue weighted by Gasteiger charge is -2.17. The van der Waals surface area contributed by atoms with Gasteiger partial charge in [0, 0.05) is 19.2 Å². The summed E-state index contributed by atoms with van der Waals surface area (Å²) in [6, 6.07) is 0.507. The van der Waals surface area contributed by atoms with Crippen molar-refractivity contribution in [3.05, 3.63) is 60.5 Å². The highest BCUT2D eigenvalue weighted by atomic mass is 15.4. The van der Waals surface area contributed by atoms with Gasteiger partial charge in [0.2, 0.25) is 0 Å². The van der Waals surface area contributed by atoms with Crippen molar-refractivity contribution in [2.75, 3.05) is 20.6 Å². The van der Waals surface area contributed by atoms with Crippen LogP contribution in [0.5, 0.6) is 0 Å². The molecule has 0 radical (unpaired) electrons. The lowest BCUT2D eigenvalue weighted by molar-refractivity contribution is 0.360. The number of unbranched alkanes of at least 4 members (excludes halogenated alkanes) is 18. The van der Waals surface area contributed by atoms with E-state index in [9.17, 15) is 0 Å². The van der Waals surface area contributed by atoms with E-state index in [-0.39, 0.29) is 0 Å². The van der Waals surface area contributed by atoms with E-state index in [1.165, 1.54) is 154 Å². The molecule has 0 spiro atoms. The summed E-state index contributed by atoms with van der Waals surface area (Å²) in [5, 5.41) is 9.13. The second kappa shape index (κ2) is 33.9. The van der Waals surface area contributed by atoms with Crippen LogP contribution >= 0.6 is 0 Å². The zero-order valence-corrected chi connectivity index (χ0v) is 31.9. The summed E-state index contributed by atoms with van der Waals surface area (Å²) < 4.78 is 2.21. The van der Waals surface area contributed by atoms with Gasteiger partial charge >= 0.3 is 0 Å². The zero-order chi connectivity index (χ0) is 33.9. The Morgan fingerprint density at radius 3 is 1.38 bits per heavy atom. The lowest BCUT2D eigenvalue weighted by Crippen LogP contribution is -2.15. The quantitative estimate of drug-likeness (QED) is 0.0550. The number of rotatable bonds is 34. The Morgan fingerprint density at radius 1 is 0.553 bits per heavy atom. The fourth-order valence-electron chi connectivity index (χ4n) is 6.09. The van der Waals surface area contributed by atoms with Gasteiger partial charge in [-0.1, -0.05) is 158 Å². The normalized spacial score (nSPS) is 13.1. The first-order valence-corrected chi connectivity index (χ1v) is 20.3. The molecule has 0 aliphatic heterocycles. The van der Waals surface area contributed by atoms with Crippen LogP contribution in [0.25, 0.3) is 0 Å². The van der Waals surface area contributed by atoms with Crippen molar-refractivity contribution < 1.29 is 0 Å². The van der Waals surface area contributed by atoms with Crippen LogP contribution in [0.4, 0.5) is 0 Å². The van der Waals surface area contributed by atoms with Gasteiger partial charge in [-0.05, 0) is 91.1 Å². The van der Waals surface area contributed by atoms with E-state index in [0.29, 0.717) is 6.04 Å². The maximum Gasteiger partial charge on any atom is 0.0840 e. The van der Waals surface area contributed by atoms with Gasteiger partial charge in [0.1, 0.15) is 0 Å². The molecule has 0 fully saturated rings. The Bertz CT molecular complexity index is 845. The van der Waals surface area contributed by atoms with Crippen LogP contribution in [-0.2, 0) is 6.42 Å². The monoisotopic (exact) mass is 651 g/mol. The molecule has 0 unspecified atom stereocenters. The Morgan fingerprint density at radius 2 is 0.957 bits per heavy atom. The van der Waals surface area contributed by atoms with Crippen molar-refractivity contribution in [3.63, 3.8) is 0 Å². The summed E-state index contributed by atoms with van der Waals surface area (Å²) in [4.78, 5) is 2.23. The van der Waals surface area contributed by atoms with Crippen LogP contribution in [-0.4, -0.2) is 40.5 Å². The zero-order valence-electron chi connectivity index (χ0n) is 31.9. The highest BCUT2D eigenvalue weighted by Crippen LogP contribution is 2.23. The van der Waals surface area contributed by atoms with Crippen molar-refractivity contribution in [3.8, 4) is 0 Å². The summed E-state index contributed by atoms with van der Waals surface area (Å²) in [7, 11) is 4.26.